The van der Waals surface area contributed by atoms with Gasteiger partial charge in [0.05, 0.1) is 12.7 Å². The van der Waals surface area contributed by atoms with Gasteiger partial charge in [-0.2, -0.15) is 0 Å². The highest BCUT2D eigenvalue weighted by molar-refractivity contribution is 7.92. The fraction of sp³-hybridized carbons (Fsp3) is 0.500. The first-order valence-corrected chi connectivity index (χ1v) is 7.21. The summed E-state index contributed by atoms with van der Waals surface area (Å²) in [6.07, 6.45) is -1.19. The van der Waals surface area contributed by atoms with Crippen molar-refractivity contribution in [3.63, 3.8) is 0 Å². The van der Waals surface area contributed by atoms with Crippen LogP contribution in [0.15, 0.2) is 24.3 Å². The second kappa shape index (κ2) is 5.62. The third-order valence-corrected chi connectivity index (χ3v) is 4.95. The molecule has 4 nitrogen and oxygen atoms in total. The third-order valence-electron chi connectivity index (χ3n) is 2.81. The van der Waals surface area contributed by atoms with E-state index in [2.05, 4.69) is 0 Å². The van der Waals surface area contributed by atoms with Gasteiger partial charge in [-0.25, -0.2) is 8.42 Å². The Labute approximate surface area is 102 Å². The molecule has 0 radical (unpaired) electrons. The van der Waals surface area contributed by atoms with E-state index in [0.29, 0.717) is 5.56 Å². The Bertz CT molecular complexity index is 450. The van der Waals surface area contributed by atoms with Gasteiger partial charge in [0, 0.05) is 5.75 Å². The molecule has 2 atom stereocenters. The molecule has 2 N–H and O–H groups in total. The normalized spacial score (nSPS) is 15.5. The second-order valence-electron chi connectivity index (χ2n) is 4.03. The molecule has 0 bridgehead atoms. The molecule has 1 rings (SSSR count). The highest BCUT2D eigenvalue weighted by Crippen LogP contribution is 2.22. The Morgan fingerprint density at radius 3 is 2.18 bits per heavy atom. The highest BCUT2D eigenvalue weighted by atomic mass is 32.2. The molecule has 0 amide bonds. The summed E-state index contributed by atoms with van der Waals surface area (Å²) in [7, 11) is -3.47. The standard InChI is InChI=1S/C12H18O4S/c1-3-17(15,16)11(8-13)12(14)10-6-4-9(2)5-7-10/h4-7,11-14H,3,8H2,1-2H3/t11-,12+/m0/s1. The maximum atomic E-state index is 11.7. The van der Waals surface area contributed by atoms with Crippen molar-refractivity contribution in [2.45, 2.75) is 25.2 Å². The van der Waals surface area contributed by atoms with Gasteiger partial charge in [-0.05, 0) is 12.5 Å². The molecule has 0 aromatic heterocycles. The second-order valence-corrected chi connectivity index (χ2v) is 6.54. The van der Waals surface area contributed by atoms with E-state index in [0.717, 1.165) is 5.56 Å². The predicted molar refractivity (Wildman–Crippen MR) is 66.5 cm³/mol. The van der Waals surface area contributed by atoms with Crippen LogP contribution in [0.2, 0.25) is 0 Å². The fourth-order valence-corrected chi connectivity index (χ4v) is 2.81. The number of aliphatic hydroxyl groups is 2. The van der Waals surface area contributed by atoms with Gasteiger partial charge < -0.3 is 10.2 Å². The van der Waals surface area contributed by atoms with Crippen LogP contribution >= 0.6 is 0 Å². The molecule has 0 fully saturated rings. The van der Waals surface area contributed by atoms with Crippen molar-refractivity contribution in [3.8, 4) is 0 Å². The van der Waals surface area contributed by atoms with E-state index in [1.54, 1.807) is 24.3 Å². The largest absolute Gasteiger partial charge is 0.395 e. The first kappa shape index (κ1) is 14.2. The number of sulfone groups is 1. The Hall–Kier alpha value is -0.910. The average Bonchev–Trinajstić information content (AvgIpc) is 2.30. The molecule has 0 saturated carbocycles. The van der Waals surface area contributed by atoms with E-state index in [-0.39, 0.29) is 5.75 Å². The summed E-state index contributed by atoms with van der Waals surface area (Å²) < 4.78 is 23.4. The van der Waals surface area contributed by atoms with Crippen LogP contribution in [-0.4, -0.2) is 36.2 Å². The zero-order chi connectivity index (χ0) is 13.1. The Kier molecular flexibility index (Phi) is 4.68. The highest BCUT2D eigenvalue weighted by Gasteiger charge is 2.31. The maximum Gasteiger partial charge on any atom is 0.158 e. The van der Waals surface area contributed by atoms with E-state index in [9.17, 15) is 13.5 Å². The molecule has 17 heavy (non-hydrogen) atoms. The van der Waals surface area contributed by atoms with Crippen molar-refractivity contribution < 1.29 is 18.6 Å². The lowest BCUT2D eigenvalue weighted by Gasteiger charge is -2.20. The molecule has 0 unspecified atom stereocenters. The molecule has 1 aromatic carbocycles. The summed E-state index contributed by atoms with van der Waals surface area (Å²) in [4.78, 5) is 0. The van der Waals surface area contributed by atoms with Crippen molar-refractivity contribution in [2.75, 3.05) is 12.4 Å². The lowest BCUT2D eigenvalue weighted by Crippen LogP contribution is -2.33. The Morgan fingerprint density at radius 1 is 1.24 bits per heavy atom. The summed E-state index contributed by atoms with van der Waals surface area (Å²) in [5, 5.41) is 18.0. The maximum absolute atomic E-state index is 11.7. The zero-order valence-corrected chi connectivity index (χ0v) is 10.8. The van der Waals surface area contributed by atoms with Crippen LogP contribution in [0.3, 0.4) is 0 Å². The van der Waals surface area contributed by atoms with Gasteiger partial charge in [-0.1, -0.05) is 36.8 Å². The number of hydrogen-bond acceptors (Lipinski definition) is 4. The monoisotopic (exact) mass is 258 g/mol. The van der Waals surface area contributed by atoms with E-state index in [4.69, 9.17) is 5.11 Å². The number of hydrogen-bond donors (Lipinski definition) is 2. The lowest BCUT2D eigenvalue weighted by atomic mass is 10.1. The molecule has 96 valence electrons. The van der Waals surface area contributed by atoms with Gasteiger partial charge in [-0.15, -0.1) is 0 Å². The van der Waals surface area contributed by atoms with Gasteiger partial charge in [0.15, 0.2) is 9.84 Å². The smallest absolute Gasteiger partial charge is 0.158 e. The fourth-order valence-electron chi connectivity index (χ4n) is 1.60. The van der Waals surface area contributed by atoms with Crippen LogP contribution in [-0.2, 0) is 9.84 Å². The minimum absolute atomic E-state index is 0.0961. The van der Waals surface area contributed by atoms with Crippen molar-refractivity contribution in [3.05, 3.63) is 35.4 Å². The number of aryl methyl sites for hydroxylation is 1. The van der Waals surface area contributed by atoms with E-state index in [1.165, 1.54) is 6.92 Å². The minimum Gasteiger partial charge on any atom is -0.395 e. The number of aliphatic hydroxyl groups excluding tert-OH is 2. The van der Waals surface area contributed by atoms with Gasteiger partial charge in [0.1, 0.15) is 5.25 Å². The zero-order valence-electron chi connectivity index (χ0n) is 10.00. The van der Waals surface area contributed by atoms with Crippen LogP contribution in [0.25, 0.3) is 0 Å². The van der Waals surface area contributed by atoms with Crippen molar-refractivity contribution in [1.82, 2.24) is 0 Å². The van der Waals surface area contributed by atoms with Gasteiger partial charge in [-0.3, -0.25) is 0 Å². The predicted octanol–water partition coefficient (Wildman–Crippen LogP) is 0.824. The van der Waals surface area contributed by atoms with Gasteiger partial charge >= 0.3 is 0 Å². The quantitative estimate of drug-likeness (QED) is 0.820. The first-order chi connectivity index (χ1) is 7.92. The van der Waals surface area contributed by atoms with E-state index >= 15 is 0 Å². The summed E-state index contributed by atoms with van der Waals surface area (Å²) in [5.74, 6) is -0.0961. The molecule has 0 aliphatic carbocycles. The summed E-state index contributed by atoms with van der Waals surface area (Å²) in [5.41, 5.74) is 1.53. The Morgan fingerprint density at radius 2 is 1.76 bits per heavy atom. The molecular formula is C12H18O4S. The molecular weight excluding hydrogens is 240 g/mol. The average molecular weight is 258 g/mol. The van der Waals surface area contributed by atoms with Gasteiger partial charge in [0.25, 0.3) is 0 Å². The summed E-state index contributed by atoms with van der Waals surface area (Å²) >= 11 is 0. The number of rotatable bonds is 5. The van der Waals surface area contributed by atoms with Crippen molar-refractivity contribution in [2.24, 2.45) is 0 Å². The topological polar surface area (TPSA) is 74.6 Å². The summed E-state index contributed by atoms with van der Waals surface area (Å²) in [6, 6.07) is 6.94. The van der Waals surface area contributed by atoms with E-state index < -0.39 is 27.8 Å². The van der Waals surface area contributed by atoms with Crippen LogP contribution in [0.1, 0.15) is 24.2 Å². The van der Waals surface area contributed by atoms with Crippen LogP contribution in [0, 0.1) is 6.92 Å². The summed E-state index contributed by atoms with van der Waals surface area (Å²) in [6.45, 7) is 2.83. The van der Waals surface area contributed by atoms with E-state index in [1.807, 2.05) is 6.92 Å². The third kappa shape index (κ3) is 3.28. The Balaban J connectivity index is 3.02. The van der Waals surface area contributed by atoms with Crippen molar-refractivity contribution in [1.29, 1.82) is 0 Å². The van der Waals surface area contributed by atoms with Gasteiger partial charge in [0.2, 0.25) is 0 Å². The first-order valence-electron chi connectivity index (χ1n) is 5.49. The molecule has 5 heteroatoms. The van der Waals surface area contributed by atoms with Crippen LogP contribution in [0.5, 0.6) is 0 Å². The van der Waals surface area contributed by atoms with Crippen molar-refractivity contribution >= 4 is 9.84 Å². The SMILES string of the molecule is CCS(=O)(=O)[C@@H](CO)[C@H](O)c1ccc(C)cc1. The number of benzene rings is 1. The molecule has 0 aliphatic rings. The minimum atomic E-state index is -3.47. The molecule has 1 aromatic rings. The van der Waals surface area contributed by atoms with Crippen LogP contribution < -0.4 is 0 Å². The molecule has 0 saturated heterocycles. The molecule has 0 heterocycles. The van der Waals surface area contributed by atoms with Crippen LogP contribution in [0.4, 0.5) is 0 Å². The lowest BCUT2D eigenvalue weighted by molar-refractivity contribution is 0.138. The molecule has 0 aliphatic heterocycles. The molecule has 0 spiro atoms.